The van der Waals surface area contributed by atoms with Crippen molar-refractivity contribution in [2.24, 2.45) is 0 Å². The summed E-state index contributed by atoms with van der Waals surface area (Å²) in [5.41, 5.74) is 0. The molecule has 0 saturated heterocycles. The normalized spacial score (nSPS) is 13.2. The Bertz CT molecular complexity index is 746. The SMILES string of the molecule is CCCCCCCCCCCCCCCCC(=O)OC(CCCCCCCCCC)CC(=O)NC(CO)C(O)CCCCCCCCCCCCC. The zero-order valence-corrected chi connectivity index (χ0v) is 35.2. The molecule has 0 aromatic rings. The van der Waals surface area contributed by atoms with Gasteiger partial charge in [-0.05, 0) is 25.7 Å². The maximum absolute atomic E-state index is 13.1. The van der Waals surface area contributed by atoms with E-state index in [4.69, 9.17) is 4.74 Å². The summed E-state index contributed by atoms with van der Waals surface area (Å²) in [6.07, 6.45) is 41.6. The monoisotopic (exact) mass is 738 g/mol. The number of aliphatic hydroxyl groups is 2. The lowest BCUT2D eigenvalue weighted by molar-refractivity contribution is -0.151. The Balaban J connectivity index is 4.43. The van der Waals surface area contributed by atoms with Crippen LogP contribution in [0.15, 0.2) is 0 Å². The van der Waals surface area contributed by atoms with Crippen LogP contribution in [0.25, 0.3) is 0 Å². The van der Waals surface area contributed by atoms with Gasteiger partial charge in [0.15, 0.2) is 0 Å². The van der Waals surface area contributed by atoms with Gasteiger partial charge in [-0.3, -0.25) is 9.59 Å². The molecule has 310 valence electrons. The minimum atomic E-state index is -0.776. The summed E-state index contributed by atoms with van der Waals surface area (Å²) in [6.45, 7) is 6.46. The molecule has 0 radical (unpaired) electrons. The molecule has 0 bridgehead atoms. The van der Waals surface area contributed by atoms with E-state index in [2.05, 4.69) is 26.1 Å². The van der Waals surface area contributed by atoms with Crippen molar-refractivity contribution in [3.8, 4) is 0 Å². The van der Waals surface area contributed by atoms with E-state index >= 15 is 0 Å². The number of carbonyl (C=O) groups excluding carboxylic acids is 2. The molecular weight excluding hydrogens is 647 g/mol. The smallest absolute Gasteiger partial charge is 0.306 e. The zero-order chi connectivity index (χ0) is 38.2. The highest BCUT2D eigenvalue weighted by atomic mass is 16.5. The average molecular weight is 738 g/mol. The van der Waals surface area contributed by atoms with Gasteiger partial charge in [0.2, 0.25) is 5.91 Å². The first-order valence-electron chi connectivity index (χ1n) is 23.3. The van der Waals surface area contributed by atoms with Crippen LogP contribution in [0.1, 0.15) is 258 Å². The Morgan fingerprint density at radius 1 is 0.481 bits per heavy atom. The van der Waals surface area contributed by atoms with E-state index in [0.717, 1.165) is 38.5 Å². The molecule has 3 N–H and O–H groups in total. The third-order valence-electron chi connectivity index (χ3n) is 10.9. The number of unbranched alkanes of at least 4 members (excludes halogenated alkanes) is 30. The molecule has 0 aliphatic carbocycles. The van der Waals surface area contributed by atoms with E-state index in [-0.39, 0.29) is 24.9 Å². The van der Waals surface area contributed by atoms with E-state index in [1.54, 1.807) is 0 Å². The molecule has 0 aromatic heterocycles. The summed E-state index contributed by atoms with van der Waals surface area (Å²) >= 11 is 0. The Morgan fingerprint density at radius 3 is 1.17 bits per heavy atom. The van der Waals surface area contributed by atoms with Gasteiger partial charge in [0, 0.05) is 6.42 Å². The number of carbonyl (C=O) groups is 2. The maximum Gasteiger partial charge on any atom is 0.306 e. The molecule has 3 unspecified atom stereocenters. The zero-order valence-electron chi connectivity index (χ0n) is 35.2. The fraction of sp³-hybridized carbons (Fsp3) is 0.957. The van der Waals surface area contributed by atoms with Gasteiger partial charge in [0.25, 0.3) is 0 Å². The quantitative estimate of drug-likeness (QED) is 0.0428. The standard InChI is InChI=1S/C46H91NO5/c1-4-7-10-13-16-19-21-22-23-25-27-30-33-36-39-46(51)52-42(37-34-31-28-18-15-12-9-6-3)40-45(50)47-43(41-48)44(49)38-35-32-29-26-24-20-17-14-11-8-5-2/h42-44,48-49H,4-41H2,1-3H3,(H,47,50). The van der Waals surface area contributed by atoms with Gasteiger partial charge in [-0.1, -0.05) is 220 Å². The molecular formula is C46H91NO5. The van der Waals surface area contributed by atoms with Crippen LogP contribution in [0.4, 0.5) is 0 Å². The Labute approximate surface area is 324 Å². The molecule has 0 aromatic carbocycles. The number of ether oxygens (including phenoxy) is 1. The predicted molar refractivity (Wildman–Crippen MR) is 223 cm³/mol. The highest BCUT2D eigenvalue weighted by Crippen LogP contribution is 2.18. The van der Waals surface area contributed by atoms with Gasteiger partial charge in [0.1, 0.15) is 6.10 Å². The van der Waals surface area contributed by atoms with Gasteiger partial charge >= 0.3 is 5.97 Å². The maximum atomic E-state index is 13.1. The molecule has 0 spiro atoms. The van der Waals surface area contributed by atoms with Gasteiger partial charge in [-0.25, -0.2) is 0 Å². The fourth-order valence-corrected chi connectivity index (χ4v) is 7.37. The Morgan fingerprint density at radius 2 is 0.808 bits per heavy atom. The average Bonchev–Trinajstić information content (AvgIpc) is 3.13. The predicted octanol–water partition coefficient (Wildman–Crippen LogP) is 13.2. The minimum Gasteiger partial charge on any atom is -0.462 e. The van der Waals surface area contributed by atoms with Crippen LogP contribution in [0.2, 0.25) is 0 Å². The van der Waals surface area contributed by atoms with Crippen molar-refractivity contribution in [3.63, 3.8) is 0 Å². The second-order valence-electron chi connectivity index (χ2n) is 16.2. The molecule has 0 aliphatic heterocycles. The Hall–Kier alpha value is -1.14. The van der Waals surface area contributed by atoms with Crippen molar-refractivity contribution in [1.82, 2.24) is 5.32 Å². The van der Waals surface area contributed by atoms with Crippen molar-refractivity contribution in [2.75, 3.05) is 6.61 Å². The number of esters is 1. The molecule has 0 rings (SSSR count). The van der Waals surface area contributed by atoms with Crippen LogP contribution < -0.4 is 5.32 Å². The topological polar surface area (TPSA) is 95.9 Å². The van der Waals surface area contributed by atoms with Crippen molar-refractivity contribution in [1.29, 1.82) is 0 Å². The lowest BCUT2D eigenvalue weighted by atomic mass is 10.0. The number of rotatable bonds is 42. The first-order chi connectivity index (χ1) is 25.5. The second-order valence-corrected chi connectivity index (χ2v) is 16.2. The van der Waals surface area contributed by atoms with Crippen LogP contribution >= 0.6 is 0 Å². The first-order valence-corrected chi connectivity index (χ1v) is 23.3. The van der Waals surface area contributed by atoms with Gasteiger partial charge in [-0.15, -0.1) is 0 Å². The van der Waals surface area contributed by atoms with Crippen molar-refractivity contribution < 1.29 is 24.5 Å². The molecule has 52 heavy (non-hydrogen) atoms. The van der Waals surface area contributed by atoms with Crippen molar-refractivity contribution in [3.05, 3.63) is 0 Å². The van der Waals surface area contributed by atoms with E-state index in [1.165, 1.54) is 173 Å². The molecule has 0 aliphatic rings. The largest absolute Gasteiger partial charge is 0.462 e. The minimum absolute atomic E-state index is 0.0860. The lowest BCUT2D eigenvalue weighted by Gasteiger charge is -2.24. The molecule has 3 atom stereocenters. The van der Waals surface area contributed by atoms with Crippen LogP contribution in [-0.4, -0.2) is 46.9 Å². The van der Waals surface area contributed by atoms with E-state index in [0.29, 0.717) is 19.3 Å². The lowest BCUT2D eigenvalue weighted by Crippen LogP contribution is -2.46. The van der Waals surface area contributed by atoms with Gasteiger partial charge in [-0.2, -0.15) is 0 Å². The summed E-state index contributed by atoms with van der Waals surface area (Å²) in [5, 5.41) is 23.6. The third kappa shape index (κ3) is 35.9. The van der Waals surface area contributed by atoms with Crippen LogP contribution in [0.5, 0.6) is 0 Å². The molecule has 0 fully saturated rings. The first kappa shape index (κ1) is 50.9. The second kappa shape index (κ2) is 41.0. The summed E-state index contributed by atoms with van der Waals surface area (Å²) in [7, 11) is 0. The summed E-state index contributed by atoms with van der Waals surface area (Å²) < 4.78 is 5.89. The fourth-order valence-electron chi connectivity index (χ4n) is 7.37. The van der Waals surface area contributed by atoms with Gasteiger partial charge < -0.3 is 20.3 Å². The van der Waals surface area contributed by atoms with E-state index in [9.17, 15) is 19.8 Å². The summed E-state index contributed by atoms with van der Waals surface area (Å²) in [4.78, 5) is 25.9. The van der Waals surface area contributed by atoms with E-state index in [1.807, 2.05) is 0 Å². The molecule has 6 heteroatoms. The highest BCUT2D eigenvalue weighted by Gasteiger charge is 2.24. The van der Waals surface area contributed by atoms with Gasteiger partial charge in [0.05, 0.1) is 25.2 Å². The van der Waals surface area contributed by atoms with Crippen LogP contribution in [-0.2, 0) is 14.3 Å². The highest BCUT2D eigenvalue weighted by molar-refractivity contribution is 5.77. The summed E-state index contributed by atoms with van der Waals surface area (Å²) in [6, 6.07) is -0.689. The molecule has 6 nitrogen and oxygen atoms in total. The molecule has 0 heterocycles. The number of nitrogens with one attached hydrogen (secondary N) is 1. The number of aliphatic hydroxyl groups excluding tert-OH is 2. The van der Waals surface area contributed by atoms with Crippen LogP contribution in [0, 0.1) is 0 Å². The van der Waals surface area contributed by atoms with Crippen molar-refractivity contribution in [2.45, 2.75) is 277 Å². The Kier molecular flexibility index (Phi) is 40.1. The van der Waals surface area contributed by atoms with E-state index < -0.39 is 18.2 Å². The number of amides is 1. The number of hydrogen-bond acceptors (Lipinski definition) is 5. The molecule has 0 saturated carbocycles. The van der Waals surface area contributed by atoms with Crippen LogP contribution in [0.3, 0.4) is 0 Å². The number of hydrogen-bond donors (Lipinski definition) is 3. The third-order valence-corrected chi connectivity index (χ3v) is 10.9. The molecule has 1 amide bonds. The van der Waals surface area contributed by atoms with Crippen molar-refractivity contribution >= 4 is 11.9 Å². The summed E-state index contributed by atoms with van der Waals surface area (Å²) in [5.74, 6) is -0.461.